The summed E-state index contributed by atoms with van der Waals surface area (Å²) in [7, 11) is 0. The molecule has 4 aromatic rings. The number of aliphatic hydroxyl groups is 1. The van der Waals surface area contributed by atoms with Crippen LogP contribution in [0.5, 0.6) is 5.75 Å². The molecule has 1 saturated heterocycles. The summed E-state index contributed by atoms with van der Waals surface area (Å²) in [5.74, 6) is -0.448. The second kappa shape index (κ2) is 12.9. The van der Waals surface area contributed by atoms with Gasteiger partial charge in [0.2, 0.25) is 5.13 Å². The number of hydrogen-bond acceptors (Lipinski definition) is 8. The van der Waals surface area contributed by atoms with Crippen LogP contribution in [-0.2, 0) is 15.3 Å². The first kappa shape index (κ1) is 28.9. The van der Waals surface area contributed by atoms with Crippen LogP contribution in [0.4, 0.5) is 5.13 Å². The van der Waals surface area contributed by atoms with Gasteiger partial charge >= 0.3 is 5.91 Å². The van der Waals surface area contributed by atoms with Gasteiger partial charge in [0.25, 0.3) is 5.78 Å². The van der Waals surface area contributed by atoms with Crippen LogP contribution in [-0.4, -0.2) is 33.6 Å². The highest BCUT2D eigenvalue weighted by Gasteiger charge is 2.48. The Kier molecular flexibility index (Phi) is 9.07. The second-order valence-electron chi connectivity index (χ2n) is 9.57. The highest BCUT2D eigenvalue weighted by atomic mass is 35.5. The number of aryl methyl sites for hydroxylation is 1. The Morgan fingerprint density at radius 3 is 2.41 bits per heavy atom. The lowest BCUT2D eigenvalue weighted by atomic mass is 9.95. The van der Waals surface area contributed by atoms with E-state index in [1.165, 1.54) is 28.0 Å². The molecule has 1 aliphatic rings. The monoisotopic (exact) mass is 605 g/mol. The van der Waals surface area contributed by atoms with Crippen LogP contribution in [0.2, 0.25) is 5.02 Å². The van der Waals surface area contributed by atoms with Crippen molar-refractivity contribution in [2.45, 2.75) is 42.8 Å². The lowest BCUT2D eigenvalue weighted by Crippen LogP contribution is -2.29. The molecule has 210 valence electrons. The number of anilines is 1. The quantitative estimate of drug-likeness (QED) is 0.0497. The average Bonchev–Trinajstić information content (AvgIpc) is 3.55. The van der Waals surface area contributed by atoms with Crippen molar-refractivity contribution in [1.82, 2.24) is 10.2 Å². The van der Waals surface area contributed by atoms with E-state index in [4.69, 9.17) is 16.3 Å². The van der Waals surface area contributed by atoms with Gasteiger partial charge in [0.1, 0.15) is 11.5 Å². The smallest absolute Gasteiger partial charge is 0.301 e. The van der Waals surface area contributed by atoms with E-state index in [9.17, 15) is 14.7 Å². The molecule has 7 nitrogen and oxygen atoms in total. The zero-order valence-electron chi connectivity index (χ0n) is 22.5. The fraction of sp³-hybridized carbons (Fsp3) is 0.226. The standard InChI is InChI=1S/C31H28ClN3O4S2/c1-3-4-17-39-24-15-11-21(12-16-24)26-25(27(36)22-9-5-19(2)6-10-22)28(37)29(38)35(26)30-33-34-31(41-30)40-18-20-7-13-23(32)14-8-20/h5-16,26,36H,3-4,17-18H2,1-2H3/b27-25-. The minimum absolute atomic E-state index is 0.00377. The van der Waals surface area contributed by atoms with Gasteiger partial charge in [0, 0.05) is 16.3 Å². The molecular weight excluding hydrogens is 578 g/mol. The first-order valence-electron chi connectivity index (χ1n) is 13.2. The molecule has 10 heteroatoms. The van der Waals surface area contributed by atoms with Crippen LogP contribution in [0.1, 0.15) is 48.1 Å². The molecule has 1 aliphatic heterocycles. The van der Waals surface area contributed by atoms with Crippen LogP contribution < -0.4 is 9.64 Å². The summed E-state index contributed by atoms with van der Waals surface area (Å²) in [6.45, 7) is 4.63. The first-order valence-corrected chi connectivity index (χ1v) is 15.3. The number of ketones is 1. The molecule has 0 saturated carbocycles. The third kappa shape index (κ3) is 6.48. The third-order valence-corrected chi connectivity index (χ3v) is 8.99. The first-order chi connectivity index (χ1) is 19.9. The summed E-state index contributed by atoms with van der Waals surface area (Å²) in [4.78, 5) is 28.3. The maximum Gasteiger partial charge on any atom is 0.301 e. The lowest BCUT2D eigenvalue weighted by molar-refractivity contribution is -0.132. The van der Waals surface area contributed by atoms with Gasteiger partial charge in [0.15, 0.2) is 4.34 Å². The molecule has 1 N–H and O–H groups in total. The maximum absolute atomic E-state index is 13.5. The molecule has 3 aromatic carbocycles. The van der Waals surface area contributed by atoms with Crippen molar-refractivity contribution < 1.29 is 19.4 Å². The van der Waals surface area contributed by atoms with E-state index in [1.54, 1.807) is 12.1 Å². The maximum atomic E-state index is 13.5. The summed E-state index contributed by atoms with van der Waals surface area (Å²) in [5, 5.41) is 20.8. The molecule has 0 bridgehead atoms. The van der Waals surface area contributed by atoms with Crippen molar-refractivity contribution in [2.24, 2.45) is 0 Å². The van der Waals surface area contributed by atoms with E-state index in [-0.39, 0.29) is 16.5 Å². The van der Waals surface area contributed by atoms with Gasteiger partial charge in [-0.3, -0.25) is 14.5 Å². The van der Waals surface area contributed by atoms with Gasteiger partial charge < -0.3 is 9.84 Å². The number of aromatic nitrogens is 2. The number of amides is 1. The van der Waals surface area contributed by atoms with Crippen LogP contribution in [0.3, 0.4) is 0 Å². The van der Waals surface area contributed by atoms with Crippen LogP contribution in [0.25, 0.3) is 5.76 Å². The zero-order chi connectivity index (χ0) is 28.9. The number of thioether (sulfide) groups is 1. The molecule has 0 aliphatic carbocycles. The van der Waals surface area contributed by atoms with Gasteiger partial charge in [-0.1, -0.05) is 102 Å². The Balaban J connectivity index is 1.50. The number of Topliss-reactive ketones (excluding diaryl/α,β-unsaturated/α-hetero) is 1. The minimum atomic E-state index is -0.886. The third-order valence-electron chi connectivity index (χ3n) is 6.61. The van der Waals surface area contributed by atoms with Gasteiger partial charge in [-0.15, -0.1) is 10.2 Å². The Labute approximate surface area is 251 Å². The number of aliphatic hydroxyl groups excluding tert-OH is 1. The molecule has 5 rings (SSSR count). The Morgan fingerprint density at radius 2 is 1.73 bits per heavy atom. The normalized spacial score (nSPS) is 16.4. The molecule has 0 radical (unpaired) electrons. The fourth-order valence-corrected chi connectivity index (χ4v) is 6.33. The van der Waals surface area contributed by atoms with Gasteiger partial charge in [-0.25, -0.2) is 0 Å². The summed E-state index contributed by atoms with van der Waals surface area (Å²) in [6.07, 6.45) is 1.96. The summed E-state index contributed by atoms with van der Waals surface area (Å²) in [6, 6.07) is 21.1. The van der Waals surface area contributed by atoms with E-state index in [0.29, 0.717) is 38.6 Å². The van der Waals surface area contributed by atoms with Gasteiger partial charge in [-0.2, -0.15) is 0 Å². The van der Waals surface area contributed by atoms with Gasteiger partial charge in [-0.05, 0) is 48.7 Å². The fourth-order valence-electron chi connectivity index (χ4n) is 4.38. The van der Waals surface area contributed by atoms with Crippen molar-refractivity contribution >= 4 is 57.3 Å². The van der Waals surface area contributed by atoms with Crippen LogP contribution in [0.15, 0.2) is 82.7 Å². The Morgan fingerprint density at radius 1 is 1.02 bits per heavy atom. The van der Waals surface area contributed by atoms with Crippen molar-refractivity contribution in [3.05, 3.63) is 106 Å². The molecule has 41 heavy (non-hydrogen) atoms. The number of nitrogens with zero attached hydrogens (tertiary/aromatic N) is 3. The van der Waals surface area contributed by atoms with Crippen molar-refractivity contribution in [3.8, 4) is 5.75 Å². The average molecular weight is 606 g/mol. The van der Waals surface area contributed by atoms with E-state index in [1.807, 2.05) is 67.6 Å². The SMILES string of the molecule is CCCCOc1ccc(C2/C(=C(/O)c3ccc(C)cc3)C(=O)C(=O)N2c2nnc(SCc3ccc(Cl)cc3)s2)cc1. The van der Waals surface area contributed by atoms with Crippen LogP contribution >= 0.6 is 34.7 Å². The molecule has 2 heterocycles. The van der Waals surface area contributed by atoms with Gasteiger partial charge in [0.05, 0.1) is 18.2 Å². The number of benzene rings is 3. The number of hydrogen-bond donors (Lipinski definition) is 1. The highest BCUT2D eigenvalue weighted by Crippen LogP contribution is 2.44. The number of halogens is 1. The van der Waals surface area contributed by atoms with Crippen LogP contribution in [0, 0.1) is 6.92 Å². The Hall–Kier alpha value is -3.66. The van der Waals surface area contributed by atoms with Crippen molar-refractivity contribution in [1.29, 1.82) is 0 Å². The second-order valence-corrected chi connectivity index (χ2v) is 12.2. The van der Waals surface area contributed by atoms with E-state index < -0.39 is 17.7 Å². The molecule has 1 amide bonds. The molecule has 1 aromatic heterocycles. The predicted molar refractivity (Wildman–Crippen MR) is 164 cm³/mol. The van der Waals surface area contributed by atoms with E-state index >= 15 is 0 Å². The number of rotatable bonds is 10. The molecule has 1 fully saturated rings. The summed E-state index contributed by atoms with van der Waals surface area (Å²) >= 11 is 8.69. The summed E-state index contributed by atoms with van der Waals surface area (Å²) < 4.78 is 6.45. The molecule has 0 spiro atoms. The van der Waals surface area contributed by atoms with E-state index in [0.717, 1.165) is 24.0 Å². The van der Waals surface area contributed by atoms with Crippen molar-refractivity contribution in [3.63, 3.8) is 0 Å². The summed E-state index contributed by atoms with van der Waals surface area (Å²) in [5.41, 5.74) is 3.18. The van der Waals surface area contributed by atoms with E-state index in [2.05, 4.69) is 17.1 Å². The number of unbranched alkanes of at least 4 members (excludes halogenated alkanes) is 1. The number of carbonyl (C=O) groups excluding carboxylic acids is 2. The lowest BCUT2D eigenvalue weighted by Gasteiger charge is -2.22. The molecule has 1 unspecified atom stereocenters. The molecule has 1 atom stereocenters. The van der Waals surface area contributed by atoms with Crippen molar-refractivity contribution in [2.75, 3.05) is 11.5 Å². The topological polar surface area (TPSA) is 92.6 Å². The highest BCUT2D eigenvalue weighted by molar-refractivity contribution is 8.00. The molecular formula is C31H28ClN3O4S2. The number of carbonyl (C=O) groups is 2. The largest absolute Gasteiger partial charge is 0.507 e. The Bertz CT molecular complexity index is 1570. The zero-order valence-corrected chi connectivity index (χ0v) is 24.9. The predicted octanol–water partition coefficient (Wildman–Crippen LogP) is 7.60. The number of ether oxygens (including phenoxy) is 1. The minimum Gasteiger partial charge on any atom is -0.507 e.